The lowest BCUT2D eigenvalue weighted by molar-refractivity contribution is -0.148. The Kier molecular flexibility index (Phi) is 7.60. The molecular weight excluding hydrogens is 382 g/mol. The summed E-state index contributed by atoms with van der Waals surface area (Å²) < 4.78 is 31.9. The van der Waals surface area contributed by atoms with Crippen molar-refractivity contribution in [1.29, 1.82) is 0 Å². The Morgan fingerprint density at radius 3 is 2.32 bits per heavy atom. The van der Waals surface area contributed by atoms with Gasteiger partial charge >= 0.3 is 16.1 Å². The van der Waals surface area contributed by atoms with E-state index >= 15 is 0 Å². The number of carboxylic acid groups (broad SMARTS) is 1. The second-order valence-corrected chi connectivity index (χ2v) is 7.68. The quantitative estimate of drug-likeness (QED) is 0.586. The van der Waals surface area contributed by atoms with Gasteiger partial charge < -0.3 is 19.3 Å². The smallest absolute Gasteiger partial charge is 0.333 e. The first kappa shape index (κ1) is 21.5. The van der Waals surface area contributed by atoms with Crippen molar-refractivity contribution in [2.75, 3.05) is 25.2 Å². The molecule has 28 heavy (non-hydrogen) atoms. The molecule has 0 aliphatic rings. The van der Waals surface area contributed by atoms with E-state index in [9.17, 15) is 13.2 Å². The summed E-state index contributed by atoms with van der Waals surface area (Å²) in [6, 6.07) is 14.2. The van der Waals surface area contributed by atoms with Crippen LogP contribution in [0.1, 0.15) is 11.1 Å². The van der Waals surface area contributed by atoms with E-state index < -0.39 is 22.2 Å². The number of carboxylic acids is 1. The first-order chi connectivity index (χ1) is 13.3. The minimum atomic E-state index is -3.52. The lowest BCUT2D eigenvalue weighted by atomic mass is 10.1. The molecular formula is C20H23NO6S. The van der Waals surface area contributed by atoms with Crippen LogP contribution >= 0.6 is 0 Å². The summed E-state index contributed by atoms with van der Waals surface area (Å²) in [4.78, 5) is 11.0. The molecule has 0 aliphatic carbocycles. The topological polar surface area (TPSA) is 102 Å². The maximum atomic E-state index is 11.1. The van der Waals surface area contributed by atoms with E-state index in [0.717, 1.165) is 23.1 Å². The number of hydrogen-bond donors (Lipinski definition) is 2. The van der Waals surface area contributed by atoms with E-state index in [0.29, 0.717) is 13.0 Å². The number of anilines is 1. The van der Waals surface area contributed by atoms with E-state index in [-0.39, 0.29) is 5.75 Å². The van der Waals surface area contributed by atoms with Crippen LogP contribution < -0.4 is 9.50 Å². The Morgan fingerprint density at radius 2 is 1.79 bits per heavy atom. The summed E-state index contributed by atoms with van der Waals surface area (Å²) >= 11 is 0. The highest BCUT2D eigenvalue weighted by Gasteiger charge is 2.16. The summed E-state index contributed by atoms with van der Waals surface area (Å²) in [6.45, 7) is 0.594. The number of hydrogen-bond acceptors (Lipinski definition) is 6. The molecule has 0 saturated carbocycles. The first-order valence-corrected chi connectivity index (χ1v) is 10.3. The molecule has 2 N–H and O–H groups in total. The molecule has 0 saturated heterocycles. The zero-order valence-electron chi connectivity index (χ0n) is 15.7. The second-order valence-electron chi connectivity index (χ2n) is 6.10. The molecule has 8 heteroatoms. The molecule has 150 valence electrons. The van der Waals surface area contributed by atoms with Gasteiger partial charge in [0, 0.05) is 25.8 Å². The largest absolute Gasteiger partial charge is 0.479 e. The van der Waals surface area contributed by atoms with Crippen LogP contribution in [0.5, 0.6) is 5.75 Å². The van der Waals surface area contributed by atoms with Gasteiger partial charge in [0.15, 0.2) is 6.10 Å². The highest BCUT2D eigenvalue weighted by molar-refractivity contribution is 7.86. The third kappa shape index (κ3) is 7.42. The fourth-order valence-electron chi connectivity index (χ4n) is 2.43. The number of aliphatic carboxylic acids is 1. The fraction of sp³-hybridized carbons (Fsp3) is 0.250. The van der Waals surface area contributed by atoms with Gasteiger partial charge in [-0.3, -0.25) is 0 Å². The summed E-state index contributed by atoms with van der Waals surface area (Å²) in [6.07, 6.45) is 4.30. The normalized spacial score (nSPS) is 12.6. The molecule has 0 radical (unpaired) electrons. The van der Waals surface area contributed by atoms with Crippen LogP contribution in [-0.4, -0.2) is 45.5 Å². The molecule has 0 amide bonds. The molecule has 0 heterocycles. The van der Waals surface area contributed by atoms with Crippen molar-refractivity contribution in [3.8, 4) is 5.75 Å². The van der Waals surface area contributed by atoms with Crippen LogP contribution in [0.25, 0.3) is 6.08 Å². The van der Waals surface area contributed by atoms with E-state index in [1.54, 1.807) is 24.3 Å². The average molecular weight is 405 g/mol. The summed E-state index contributed by atoms with van der Waals surface area (Å²) in [5, 5.41) is 12.2. The third-order valence-corrected chi connectivity index (χ3v) is 4.29. The molecule has 0 aliphatic heterocycles. The van der Waals surface area contributed by atoms with Gasteiger partial charge in [-0.05, 0) is 35.4 Å². The van der Waals surface area contributed by atoms with Crippen molar-refractivity contribution < 1.29 is 27.2 Å². The van der Waals surface area contributed by atoms with Gasteiger partial charge in [0.25, 0.3) is 0 Å². The monoisotopic (exact) mass is 405 g/mol. The molecule has 0 aromatic heterocycles. The van der Waals surface area contributed by atoms with Gasteiger partial charge in [-0.25, -0.2) is 4.79 Å². The number of nitrogens with one attached hydrogen (secondary N) is 1. The Morgan fingerprint density at radius 1 is 1.14 bits per heavy atom. The summed E-state index contributed by atoms with van der Waals surface area (Å²) in [5.41, 5.74) is 2.71. The Hall–Kier alpha value is -2.84. The average Bonchev–Trinajstić information content (AvgIpc) is 2.64. The van der Waals surface area contributed by atoms with E-state index in [4.69, 9.17) is 14.0 Å². The Bertz CT molecular complexity index is 905. The zero-order chi connectivity index (χ0) is 20.6. The fourth-order valence-corrected chi connectivity index (χ4v) is 2.89. The second kappa shape index (κ2) is 9.91. The summed E-state index contributed by atoms with van der Waals surface area (Å²) in [5.74, 6) is -0.706. The number of benzene rings is 2. The molecule has 2 aromatic carbocycles. The van der Waals surface area contributed by atoms with Crippen molar-refractivity contribution in [2.24, 2.45) is 0 Å². The minimum Gasteiger partial charge on any atom is -0.479 e. The number of rotatable bonds is 10. The molecule has 0 fully saturated rings. The van der Waals surface area contributed by atoms with Gasteiger partial charge in [0.1, 0.15) is 5.75 Å². The molecule has 1 atom stereocenters. The lowest BCUT2D eigenvalue weighted by Gasteiger charge is -2.11. The molecule has 0 bridgehead atoms. The van der Waals surface area contributed by atoms with Gasteiger partial charge in [0.05, 0.1) is 6.26 Å². The van der Waals surface area contributed by atoms with Crippen LogP contribution in [0.2, 0.25) is 0 Å². The van der Waals surface area contributed by atoms with E-state index in [1.807, 2.05) is 36.4 Å². The van der Waals surface area contributed by atoms with Crippen LogP contribution in [0.4, 0.5) is 5.69 Å². The van der Waals surface area contributed by atoms with E-state index in [2.05, 4.69) is 5.32 Å². The summed E-state index contributed by atoms with van der Waals surface area (Å²) in [7, 11) is -2.14. The van der Waals surface area contributed by atoms with Crippen LogP contribution in [0, 0.1) is 0 Å². The van der Waals surface area contributed by atoms with Gasteiger partial charge in [-0.2, -0.15) is 8.42 Å². The predicted octanol–water partition coefficient (Wildman–Crippen LogP) is 2.79. The van der Waals surface area contributed by atoms with Crippen molar-refractivity contribution in [3.63, 3.8) is 0 Å². The Balaban J connectivity index is 1.83. The first-order valence-electron chi connectivity index (χ1n) is 8.51. The maximum absolute atomic E-state index is 11.1. The van der Waals surface area contributed by atoms with Gasteiger partial charge in [-0.1, -0.05) is 36.4 Å². The maximum Gasteiger partial charge on any atom is 0.333 e. The standard InChI is InChI=1S/C20H23NO6S/c1-26-19(20(22)23)14-16-5-9-17(10-6-16)21-13-3-4-15-7-11-18(12-8-15)27-28(2,24)25/h3-12,19,21H,13-14H2,1-2H3,(H,22,23)/b4-3+/t19-/m0/s1. The number of carbonyl (C=O) groups is 1. The molecule has 2 aromatic rings. The number of methoxy groups -OCH3 is 1. The highest BCUT2D eigenvalue weighted by Crippen LogP contribution is 2.15. The molecule has 2 rings (SSSR count). The third-order valence-electron chi connectivity index (χ3n) is 3.80. The van der Waals surface area contributed by atoms with Crippen molar-refractivity contribution in [2.45, 2.75) is 12.5 Å². The van der Waals surface area contributed by atoms with Crippen LogP contribution in [-0.2, 0) is 26.1 Å². The zero-order valence-corrected chi connectivity index (χ0v) is 16.5. The van der Waals surface area contributed by atoms with Gasteiger partial charge in [0.2, 0.25) is 0 Å². The van der Waals surface area contributed by atoms with Crippen LogP contribution in [0.3, 0.4) is 0 Å². The lowest BCUT2D eigenvalue weighted by Crippen LogP contribution is -2.24. The Labute approximate surface area is 164 Å². The number of ether oxygens (including phenoxy) is 1. The van der Waals surface area contributed by atoms with Crippen molar-refractivity contribution in [3.05, 3.63) is 65.7 Å². The van der Waals surface area contributed by atoms with E-state index in [1.165, 1.54) is 7.11 Å². The van der Waals surface area contributed by atoms with Crippen molar-refractivity contribution >= 4 is 27.9 Å². The van der Waals surface area contributed by atoms with Gasteiger partial charge in [-0.15, -0.1) is 0 Å². The highest BCUT2D eigenvalue weighted by atomic mass is 32.2. The molecule has 0 spiro atoms. The molecule has 0 unspecified atom stereocenters. The molecule has 7 nitrogen and oxygen atoms in total. The predicted molar refractivity (Wildman–Crippen MR) is 108 cm³/mol. The SMILES string of the molecule is CO[C@@H](Cc1ccc(NC/C=C/c2ccc(OS(C)(=O)=O)cc2)cc1)C(=O)O. The van der Waals surface area contributed by atoms with Crippen molar-refractivity contribution in [1.82, 2.24) is 0 Å². The minimum absolute atomic E-state index is 0.275. The van der Waals surface area contributed by atoms with Crippen LogP contribution in [0.15, 0.2) is 54.6 Å².